The van der Waals surface area contributed by atoms with E-state index in [-0.39, 0.29) is 24.7 Å². The zero-order chi connectivity index (χ0) is 11.9. The van der Waals surface area contributed by atoms with E-state index in [9.17, 15) is 9.90 Å². The number of carbonyl (C=O) groups excluding carboxylic acids is 1. The predicted molar refractivity (Wildman–Crippen MR) is 60.1 cm³/mol. The largest absolute Gasteiger partial charge is 0.444 e. The molecule has 0 unspecified atom stereocenters. The maximum absolute atomic E-state index is 11.9. The minimum absolute atomic E-state index is 0.177. The summed E-state index contributed by atoms with van der Waals surface area (Å²) in [6.45, 7) is 5.81. The van der Waals surface area contributed by atoms with Gasteiger partial charge in [-0.25, -0.2) is 4.79 Å². The Balaban J connectivity index is 1.98. The van der Waals surface area contributed by atoms with Gasteiger partial charge in [0.15, 0.2) is 0 Å². The van der Waals surface area contributed by atoms with Gasteiger partial charge in [-0.3, -0.25) is 0 Å². The summed E-state index contributed by atoms with van der Waals surface area (Å²) in [6, 6.07) is 0.557. The Kier molecular flexibility index (Phi) is 2.86. The van der Waals surface area contributed by atoms with E-state index in [2.05, 4.69) is 0 Å². The first-order chi connectivity index (χ1) is 7.42. The summed E-state index contributed by atoms with van der Waals surface area (Å²) in [5.74, 6) is 0.248. The van der Waals surface area contributed by atoms with Crippen LogP contribution in [-0.4, -0.2) is 40.4 Å². The van der Waals surface area contributed by atoms with Crippen LogP contribution >= 0.6 is 0 Å². The molecule has 1 amide bonds. The molecule has 4 nitrogen and oxygen atoms in total. The lowest BCUT2D eigenvalue weighted by Crippen LogP contribution is -2.65. The summed E-state index contributed by atoms with van der Waals surface area (Å²) in [5.41, 5.74) is -0.435. The fourth-order valence-electron chi connectivity index (χ4n) is 2.73. The number of rotatable bonds is 1. The van der Waals surface area contributed by atoms with Crippen LogP contribution in [0.1, 0.15) is 40.0 Å². The van der Waals surface area contributed by atoms with E-state index in [1.807, 2.05) is 25.7 Å². The first-order valence-electron chi connectivity index (χ1n) is 6.04. The highest BCUT2D eigenvalue weighted by molar-refractivity contribution is 5.70. The first kappa shape index (κ1) is 11.7. The number of amides is 1. The highest BCUT2D eigenvalue weighted by Crippen LogP contribution is 2.42. The molecule has 0 spiro atoms. The number of hydrogen-bond donors (Lipinski definition) is 1. The highest BCUT2D eigenvalue weighted by atomic mass is 16.6. The molecule has 3 aliphatic rings. The minimum atomic E-state index is -0.435. The molecule has 4 heteroatoms. The van der Waals surface area contributed by atoms with Crippen LogP contribution in [0.3, 0.4) is 0 Å². The van der Waals surface area contributed by atoms with Gasteiger partial charge >= 0.3 is 6.09 Å². The predicted octanol–water partition coefficient (Wildman–Crippen LogP) is 1.77. The Hall–Kier alpha value is -0.770. The number of fused-ring (bicyclic) bond motifs is 2. The molecule has 2 bridgehead atoms. The van der Waals surface area contributed by atoms with E-state index >= 15 is 0 Å². The Morgan fingerprint density at radius 3 is 2.62 bits per heavy atom. The van der Waals surface area contributed by atoms with Gasteiger partial charge in [-0.05, 0) is 40.0 Å². The molecule has 92 valence electrons. The minimum Gasteiger partial charge on any atom is -0.444 e. The number of ether oxygens (including phenoxy) is 1. The van der Waals surface area contributed by atoms with Crippen molar-refractivity contribution in [2.45, 2.75) is 57.7 Å². The third kappa shape index (κ3) is 2.03. The highest BCUT2D eigenvalue weighted by Gasteiger charge is 2.50. The van der Waals surface area contributed by atoms with Crippen LogP contribution in [0.4, 0.5) is 4.79 Å². The molecule has 0 aromatic heterocycles. The number of nitrogens with zero attached hydrogens (tertiary/aromatic N) is 1. The van der Waals surface area contributed by atoms with Crippen LogP contribution in [0, 0.1) is 5.92 Å². The van der Waals surface area contributed by atoms with Crippen LogP contribution in [0.25, 0.3) is 0 Å². The first-order valence-corrected chi connectivity index (χ1v) is 6.04. The van der Waals surface area contributed by atoms with E-state index in [4.69, 9.17) is 4.74 Å². The van der Waals surface area contributed by atoms with E-state index in [0.717, 1.165) is 19.3 Å². The Labute approximate surface area is 96.6 Å². The van der Waals surface area contributed by atoms with Gasteiger partial charge in [-0.2, -0.15) is 0 Å². The van der Waals surface area contributed by atoms with Crippen LogP contribution < -0.4 is 0 Å². The summed E-state index contributed by atoms with van der Waals surface area (Å²) in [5, 5.41) is 9.24. The fraction of sp³-hybridized carbons (Fsp3) is 0.917. The second kappa shape index (κ2) is 3.91. The van der Waals surface area contributed by atoms with Crippen molar-refractivity contribution in [1.29, 1.82) is 0 Å². The molecule has 3 atom stereocenters. The van der Waals surface area contributed by atoms with Gasteiger partial charge in [-0.1, -0.05) is 0 Å². The van der Waals surface area contributed by atoms with Crippen LogP contribution in [0.2, 0.25) is 0 Å². The maximum atomic E-state index is 11.9. The van der Waals surface area contributed by atoms with Crippen molar-refractivity contribution < 1.29 is 14.6 Å². The number of carbonyl (C=O) groups is 1. The molecule has 2 heterocycles. The van der Waals surface area contributed by atoms with Gasteiger partial charge in [-0.15, -0.1) is 0 Å². The van der Waals surface area contributed by atoms with Gasteiger partial charge in [0.1, 0.15) is 5.60 Å². The second-order valence-corrected chi connectivity index (χ2v) is 5.86. The Morgan fingerprint density at radius 2 is 2.12 bits per heavy atom. The molecule has 1 aliphatic carbocycles. The van der Waals surface area contributed by atoms with Crippen molar-refractivity contribution in [3.05, 3.63) is 0 Å². The van der Waals surface area contributed by atoms with Crippen molar-refractivity contribution in [3.63, 3.8) is 0 Å². The molecular weight excluding hydrogens is 206 g/mol. The van der Waals surface area contributed by atoms with Gasteiger partial charge in [0, 0.05) is 24.6 Å². The van der Waals surface area contributed by atoms with Gasteiger partial charge in [0.25, 0.3) is 0 Å². The van der Waals surface area contributed by atoms with Gasteiger partial charge < -0.3 is 14.7 Å². The fourth-order valence-corrected chi connectivity index (χ4v) is 2.73. The van der Waals surface area contributed by atoms with E-state index in [1.165, 1.54) is 0 Å². The van der Waals surface area contributed by atoms with Crippen LogP contribution in [-0.2, 0) is 4.74 Å². The van der Waals surface area contributed by atoms with Gasteiger partial charge in [0.05, 0.1) is 0 Å². The average Bonchev–Trinajstić information content (AvgIpc) is 2.14. The topological polar surface area (TPSA) is 49.8 Å². The molecule has 3 fully saturated rings. The third-order valence-corrected chi connectivity index (χ3v) is 3.52. The number of hydrogen-bond acceptors (Lipinski definition) is 3. The van der Waals surface area contributed by atoms with Crippen molar-refractivity contribution in [2.75, 3.05) is 6.61 Å². The number of piperidine rings is 1. The SMILES string of the molecule is CC(C)(C)OC(=O)N1[C@@H]2CC[C@H](CO)[C@H]1C2. The molecule has 16 heavy (non-hydrogen) atoms. The molecule has 0 aromatic rings. The summed E-state index contributed by atoms with van der Waals surface area (Å²) >= 11 is 0. The van der Waals surface area contributed by atoms with Crippen molar-refractivity contribution in [2.24, 2.45) is 5.92 Å². The zero-order valence-corrected chi connectivity index (χ0v) is 10.3. The van der Waals surface area contributed by atoms with E-state index in [1.54, 1.807) is 0 Å². The number of aliphatic hydroxyl groups is 1. The van der Waals surface area contributed by atoms with E-state index in [0.29, 0.717) is 6.04 Å². The van der Waals surface area contributed by atoms with Crippen molar-refractivity contribution >= 4 is 6.09 Å². The summed E-state index contributed by atoms with van der Waals surface area (Å²) in [6.07, 6.45) is 2.85. The van der Waals surface area contributed by atoms with Crippen molar-refractivity contribution in [1.82, 2.24) is 4.90 Å². The third-order valence-electron chi connectivity index (χ3n) is 3.52. The smallest absolute Gasteiger partial charge is 0.410 e. The zero-order valence-electron chi connectivity index (χ0n) is 10.3. The summed E-state index contributed by atoms with van der Waals surface area (Å²) in [7, 11) is 0. The lowest BCUT2D eigenvalue weighted by Gasteiger charge is -2.55. The normalized spacial score (nSPS) is 33.2. The van der Waals surface area contributed by atoms with Crippen molar-refractivity contribution in [3.8, 4) is 0 Å². The Bertz CT molecular complexity index is 282. The molecule has 3 rings (SSSR count). The lowest BCUT2D eigenvalue weighted by molar-refractivity contribution is -0.0831. The summed E-state index contributed by atoms with van der Waals surface area (Å²) < 4.78 is 5.38. The standard InChI is InChI=1S/C12H21NO3/c1-12(2,3)16-11(15)13-9-5-4-8(7-14)10(13)6-9/h8-10,14H,4-7H2,1-3H3/t8-,9-,10-/m1/s1. The molecule has 0 aromatic carbocycles. The lowest BCUT2D eigenvalue weighted by atomic mass is 9.73. The molecule has 2 aliphatic heterocycles. The maximum Gasteiger partial charge on any atom is 0.410 e. The second-order valence-electron chi connectivity index (χ2n) is 5.86. The monoisotopic (exact) mass is 227 g/mol. The van der Waals surface area contributed by atoms with Gasteiger partial charge in [0.2, 0.25) is 0 Å². The van der Waals surface area contributed by atoms with Crippen LogP contribution in [0.15, 0.2) is 0 Å². The van der Waals surface area contributed by atoms with Crippen LogP contribution in [0.5, 0.6) is 0 Å². The molecule has 0 radical (unpaired) electrons. The van der Waals surface area contributed by atoms with E-state index < -0.39 is 5.60 Å². The quantitative estimate of drug-likeness (QED) is 0.742. The average molecular weight is 227 g/mol. The summed E-state index contributed by atoms with van der Waals surface area (Å²) in [4.78, 5) is 13.8. The Morgan fingerprint density at radius 1 is 1.44 bits per heavy atom. The molecular formula is C12H21NO3. The number of aliphatic hydroxyl groups excluding tert-OH is 1. The molecule has 1 saturated carbocycles. The molecule has 1 N–H and O–H groups in total. The molecule has 2 saturated heterocycles.